The highest BCUT2D eigenvalue weighted by Crippen LogP contribution is 2.26. The second kappa shape index (κ2) is 8.97. The molecule has 29 heavy (non-hydrogen) atoms. The molecular formula is C23H21ClN2O3. The van der Waals surface area contributed by atoms with E-state index in [-0.39, 0.29) is 12.0 Å². The van der Waals surface area contributed by atoms with Crippen molar-refractivity contribution < 1.29 is 14.3 Å². The van der Waals surface area contributed by atoms with Gasteiger partial charge in [-0.3, -0.25) is 4.79 Å². The van der Waals surface area contributed by atoms with Crippen molar-refractivity contribution in [3.8, 4) is 17.4 Å². The maximum Gasteiger partial charge on any atom is 0.259 e. The molecule has 6 heteroatoms. The van der Waals surface area contributed by atoms with Crippen molar-refractivity contribution in [2.45, 2.75) is 18.9 Å². The van der Waals surface area contributed by atoms with Crippen LogP contribution < -0.4 is 9.47 Å². The number of likely N-dealkylation sites (tertiary alicyclic amines) is 1. The van der Waals surface area contributed by atoms with E-state index in [2.05, 4.69) is 4.98 Å². The van der Waals surface area contributed by atoms with Crippen molar-refractivity contribution in [3.63, 3.8) is 0 Å². The first kappa shape index (κ1) is 19.3. The summed E-state index contributed by atoms with van der Waals surface area (Å²) >= 11 is 5.92. The number of amides is 1. The van der Waals surface area contributed by atoms with Crippen LogP contribution in [-0.2, 0) is 0 Å². The minimum atomic E-state index is -0.0750. The van der Waals surface area contributed by atoms with Gasteiger partial charge in [0.05, 0.1) is 0 Å². The molecule has 0 saturated carbocycles. The third-order valence-electron chi connectivity index (χ3n) is 4.80. The number of carbonyl (C=O) groups is 1. The zero-order valence-electron chi connectivity index (χ0n) is 15.8. The zero-order valence-corrected chi connectivity index (χ0v) is 16.6. The number of pyridine rings is 1. The topological polar surface area (TPSA) is 51.7 Å². The first-order valence-corrected chi connectivity index (χ1v) is 9.96. The molecule has 0 bridgehead atoms. The van der Waals surface area contributed by atoms with Crippen molar-refractivity contribution in [1.82, 2.24) is 9.88 Å². The van der Waals surface area contributed by atoms with E-state index in [1.807, 2.05) is 59.5 Å². The number of benzene rings is 2. The van der Waals surface area contributed by atoms with E-state index in [1.165, 1.54) is 0 Å². The fourth-order valence-electron chi connectivity index (χ4n) is 3.29. The lowest BCUT2D eigenvalue weighted by molar-refractivity contribution is 0.0592. The van der Waals surface area contributed by atoms with E-state index in [0.29, 0.717) is 35.3 Å². The number of nitrogens with zero attached hydrogens (tertiary/aromatic N) is 2. The molecule has 1 saturated heterocycles. The van der Waals surface area contributed by atoms with Crippen LogP contribution in [0.1, 0.15) is 23.2 Å². The third-order valence-corrected chi connectivity index (χ3v) is 5.06. The number of para-hydroxylation sites is 1. The van der Waals surface area contributed by atoms with E-state index in [9.17, 15) is 4.79 Å². The van der Waals surface area contributed by atoms with Crippen LogP contribution in [0.3, 0.4) is 0 Å². The van der Waals surface area contributed by atoms with Gasteiger partial charge >= 0.3 is 0 Å². The molecule has 5 nitrogen and oxygen atoms in total. The van der Waals surface area contributed by atoms with E-state index < -0.39 is 0 Å². The smallest absolute Gasteiger partial charge is 0.259 e. The molecule has 2 aromatic carbocycles. The molecular weight excluding hydrogens is 388 g/mol. The third kappa shape index (κ3) is 4.87. The summed E-state index contributed by atoms with van der Waals surface area (Å²) < 4.78 is 11.9. The summed E-state index contributed by atoms with van der Waals surface area (Å²) in [5.74, 6) is 1.69. The first-order valence-electron chi connectivity index (χ1n) is 9.58. The largest absolute Gasteiger partial charge is 0.490 e. The molecule has 1 amide bonds. The molecule has 148 valence electrons. The molecule has 0 atom stereocenters. The van der Waals surface area contributed by atoms with Gasteiger partial charge in [-0.25, -0.2) is 4.98 Å². The molecule has 1 aliphatic heterocycles. The summed E-state index contributed by atoms with van der Waals surface area (Å²) in [6, 6.07) is 20.2. The molecule has 0 spiro atoms. The molecule has 0 radical (unpaired) electrons. The monoisotopic (exact) mass is 408 g/mol. The lowest BCUT2D eigenvalue weighted by atomic mass is 10.1. The molecule has 0 aliphatic carbocycles. The summed E-state index contributed by atoms with van der Waals surface area (Å²) in [7, 11) is 0. The number of aromatic nitrogens is 1. The normalized spacial score (nSPS) is 14.4. The average molecular weight is 409 g/mol. The van der Waals surface area contributed by atoms with Gasteiger partial charge in [-0.05, 0) is 48.5 Å². The van der Waals surface area contributed by atoms with Crippen LogP contribution in [0.25, 0.3) is 0 Å². The first-order chi connectivity index (χ1) is 14.2. The summed E-state index contributed by atoms with van der Waals surface area (Å²) in [6.07, 6.45) is 3.24. The van der Waals surface area contributed by atoms with Gasteiger partial charge < -0.3 is 14.4 Å². The second-order valence-corrected chi connectivity index (χ2v) is 7.27. The van der Waals surface area contributed by atoms with E-state index >= 15 is 0 Å². The standard InChI is InChI=1S/C23H21ClN2O3/c24-17-8-10-19(11-9-17)28-20-12-15-26(16-13-20)23(27)21-7-4-14-25-22(21)29-18-5-2-1-3-6-18/h1-11,14,20H,12-13,15-16H2. The number of hydrogen-bond acceptors (Lipinski definition) is 4. The number of halogens is 1. The van der Waals surface area contributed by atoms with Crippen molar-refractivity contribution >= 4 is 17.5 Å². The van der Waals surface area contributed by atoms with Gasteiger partial charge in [0.25, 0.3) is 5.91 Å². The molecule has 0 unspecified atom stereocenters. The molecule has 2 heterocycles. The summed E-state index contributed by atoms with van der Waals surface area (Å²) in [4.78, 5) is 19.2. The van der Waals surface area contributed by atoms with Crippen LogP contribution in [0.2, 0.25) is 5.02 Å². The lowest BCUT2D eigenvalue weighted by Gasteiger charge is -2.32. The zero-order chi connectivity index (χ0) is 20.1. The molecule has 1 aromatic heterocycles. The van der Waals surface area contributed by atoms with Gasteiger partial charge in [0, 0.05) is 37.2 Å². The summed E-state index contributed by atoms with van der Waals surface area (Å²) in [6.45, 7) is 1.24. The average Bonchev–Trinajstić information content (AvgIpc) is 2.77. The van der Waals surface area contributed by atoms with Gasteiger partial charge in [0.1, 0.15) is 23.2 Å². The fourth-order valence-corrected chi connectivity index (χ4v) is 3.41. The van der Waals surface area contributed by atoms with Gasteiger partial charge in [0.2, 0.25) is 5.88 Å². The Morgan fingerprint density at radius 2 is 1.66 bits per heavy atom. The maximum atomic E-state index is 13.1. The Morgan fingerprint density at radius 3 is 2.38 bits per heavy atom. The number of carbonyl (C=O) groups excluding carboxylic acids is 1. The van der Waals surface area contributed by atoms with Crippen molar-refractivity contribution in [3.05, 3.63) is 83.5 Å². The van der Waals surface area contributed by atoms with Crippen LogP contribution in [0.5, 0.6) is 17.4 Å². The Bertz CT molecular complexity index is 955. The van der Waals surface area contributed by atoms with Crippen LogP contribution in [0.4, 0.5) is 0 Å². The van der Waals surface area contributed by atoms with E-state index in [1.54, 1.807) is 18.3 Å². The van der Waals surface area contributed by atoms with Gasteiger partial charge in [0.15, 0.2) is 0 Å². The Morgan fingerprint density at radius 1 is 0.931 bits per heavy atom. The van der Waals surface area contributed by atoms with E-state index in [0.717, 1.165) is 18.6 Å². The Kier molecular flexibility index (Phi) is 5.96. The van der Waals surface area contributed by atoms with Gasteiger partial charge in [-0.1, -0.05) is 29.8 Å². The quantitative estimate of drug-likeness (QED) is 0.581. The minimum absolute atomic E-state index is 0.0750. The highest BCUT2D eigenvalue weighted by atomic mass is 35.5. The summed E-state index contributed by atoms with van der Waals surface area (Å²) in [5.41, 5.74) is 0.466. The predicted octanol–water partition coefficient (Wildman–Crippen LogP) is 5.21. The molecule has 3 aromatic rings. The highest BCUT2D eigenvalue weighted by molar-refractivity contribution is 6.30. The molecule has 1 fully saturated rings. The fraction of sp³-hybridized carbons (Fsp3) is 0.217. The second-order valence-electron chi connectivity index (χ2n) is 6.83. The molecule has 0 N–H and O–H groups in total. The van der Waals surface area contributed by atoms with Gasteiger partial charge in [-0.2, -0.15) is 0 Å². The highest BCUT2D eigenvalue weighted by Gasteiger charge is 2.27. The Hall–Kier alpha value is -3.05. The minimum Gasteiger partial charge on any atom is -0.490 e. The van der Waals surface area contributed by atoms with Crippen LogP contribution in [0.15, 0.2) is 72.9 Å². The Labute approximate surface area is 174 Å². The number of ether oxygens (including phenoxy) is 2. The maximum absolute atomic E-state index is 13.1. The van der Waals surface area contributed by atoms with Crippen molar-refractivity contribution in [2.24, 2.45) is 0 Å². The summed E-state index contributed by atoms with van der Waals surface area (Å²) in [5, 5.41) is 0.683. The van der Waals surface area contributed by atoms with Crippen molar-refractivity contribution in [1.29, 1.82) is 0 Å². The van der Waals surface area contributed by atoms with Crippen LogP contribution in [0, 0.1) is 0 Å². The van der Waals surface area contributed by atoms with Crippen LogP contribution >= 0.6 is 11.6 Å². The van der Waals surface area contributed by atoms with Gasteiger partial charge in [-0.15, -0.1) is 0 Å². The lowest BCUT2D eigenvalue weighted by Crippen LogP contribution is -2.41. The van der Waals surface area contributed by atoms with Crippen LogP contribution in [-0.4, -0.2) is 35.0 Å². The number of rotatable bonds is 5. The SMILES string of the molecule is O=C(c1cccnc1Oc1ccccc1)N1CCC(Oc2ccc(Cl)cc2)CC1. The Balaban J connectivity index is 1.39. The molecule has 4 rings (SSSR count). The number of piperidine rings is 1. The molecule has 1 aliphatic rings. The predicted molar refractivity (Wildman–Crippen MR) is 112 cm³/mol. The van der Waals surface area contributed by atoms with Crippen molar-refractivity contribution in [2.75, 3.05) is 13.1 Å². The van der Waals surface area contributed by atoms with E-state index in [4.69, 9.17) is 21.1 Å². The number of hydrogen-bond donors (Lipinski definition) is 0.